The van der Waals surface area contributed by atoms with Crippen LogP contribution in [0.25, 0.3) is 0 Å². The highest BCUT2D eigenvalue weighted by Gasteiger charge is 2.42. The molecule has 2 amide bonds. The Morgan fingerprint density at radius 2 is 1.77 bits per heavy atom. The minimum Gasteiger partial charge on any atom is -0.352 e. The van der Waals surface area contributed by atoms with E-state index in [1.807, 2.05) is 38.1 Å². The first-order chi connectivity index (χ1) is 10.4. The standard InChI is InChI=1S/C17H23ClN2O2/c1-12(2)20-15(21)11-19-16(22)17(9-3-4-10-17)13-5-7-14(18)8-6-13/h5-8,12H,3-4,9-11H2,1-2H3,(H,19,22)(H,20,21). The molecule has 1 aromatic carbocycles. The van der Waals surface area contributed by atoms with Gasteiger partial charge in [0.15, 0.2) is 0 Å². The van der Waals surface area contributed by atoms with Crippen LogP contribution in [0.15, 0.2) is 24.3 Å². The van der Waals surface area contributed by atoms with Crippen LogP contribution < -0.4 is 10.6 Å². The number of benzene rings is 1. The van der Waals surface area contributed by atoms with Gasteiger partial charge in [-0.3, -0.25) is 9.59 Å². The number of carbonyl (C=O) groups excluding carboxylic acids is 2. The van der Waals surface area contributed by atoms with Gasteiger partial charge in [-0.2, -0.15) is 0 Å². The number of hydrogen-bond acceptors (Lipinski definition) is 2. The van der Waals surface area contributed by atoms with Crippen LogP contribution >= 0.6 is 11.6 Å². The van der Waals surface area contributed by atoms with Crippen molar-refractivity contribution in [2.45, 2.75) is 51.0 Å². The number of amides is 2. The lowest BCUT2D eigenvalue weighted by Crippen LogP contribution is -2.47. The maximum atomic E-state index is 12.7. The van der Waals surface area contributed by atoms with Crippen molar-refractivity contribution >= 4 is 23.4 Å². The molecule has 120 valence electrons. The lowest BCUT2D eigenvalue weighted by molar-refractivity contribution is -0.130. The number of halogens is 1. The van der Waals surface area contributed by atoms with Crippen LogP contribution in [0.1, 0.15) is 45.1 Å². The zero-order valence-corrected chi connectivity index (χ0v) is 13.9. The van der Waals surface area contributed by atoms with Crippen LogP contribution in [0.3, 0.4) is 0 Å². The van der Waals surface area contributed by atoms with E-state index < -0.39 is 5.41 Å². The molecule has 1 aliphatic carbocycles. The Balaban J connectivity index is 2.09. The zero-order valence-electron chi connectivity index (χ0n) is 13.1. The SMILES string of the molecule is CC(C)NC(=O)CNC(=O)C1(c2ccc(Cl)cc2)CCCC1. The summed E-state index contributed by atoms with van der Waals surface area (Å²) in [4.78, 5) is 24.4. The third kappa shape index (κ3) is 3.80. The summed E-state index contributed by atoms with van der Waals surface area (Å²) in [6.07, 6.45) is 3.67. The Morgan fingerprint density at radius 1 is 1.18 bits per heavy atom. The fourth-order valence-electron chi connectivity index (χ4n) is 3.10. The molecule has 0 saturated heterocycles. The Labute approximate surface area is 136 Å². The van der Waals surface area contributed by atoms with Gasteiger partial charge in [0.25, 0.3) is 0 Å². The first kappa shape index (κ1) is 16.8. The second kappa shape index (κ2) is 7.14. The van der Waals surface area contributed by atoms with Gasteiger partial charge < -0.3 is 10.6 Å². The Kier molecular flexibility index (Phi) is 5.46. The summed E-state index contributed by atoms with van der Waals surface area (Å²) >= 11 is 5.94. The van der Waals surface area contributed by atoms with E-state index in [9.17, 15) is 9.59 Å². The van der Waals surface area contributed by atoms with Crippen molar-refractivity contribution in [1.82, 2.24) is 10.6 Å². The number of nitrogens with one attached hydrogen (secondary N) is 2. The van der Waals surface area contributed by atoms with Gasteiger partial charge >= 0.3 is 0 Å². The largest absolute Gasteiger partial charge is 0.352 e. The lowest BCUT2D eigenvalue weighted by Gasteiger charge is -2.28. The van der Waals surface area contributed by atoms with Gasteiger partial charge in [0.05, 0.1) is 12.0 Å². The molecule has 2 rings (SSSR count). The van der Waals surface area contributed by atoms with E-state index in [2.05, 4.69) is 10.6 Å². The minimum atomic E-state index is -0.525. The molecular formula is C17H23ClN2O2. The maximum Gasteiger partial charge on any atom is 0.239 e. The number of hydrogen-bond donors (Lipinski definition) is 2. The first-order valence-corrected chi connectivity index (χ1v) is 8.15. The highest BCUT2D eigenvalue weighted by Crippen LogP contribution is 2.41. The van der Waals surface area contributed by atoms with E-state index in [4.69, 9.17) is 11.6 Å². The molecule has 0 heterocycles. The van der Waals surface area contributed by atoms with Crippen molar-refractivity contribution in [2.75, 3.05) is 6.54 Å². The molecule has 0 unspecified atom stereocenters. The topological polar surface area (TPSA) is 58.2 Å². The third-order valence-electron chi connectivity index (χ3n) is 4.15. The van der Waals surface area contributed by atoms with Crippen LogP contribution in [0.4, 0.5) is 0 Å². The molecule has 2 N–H and O–H groups in total. The summed E-state index contributed by atoms with van der Waals surface area (Å²) in [7, 11) is 0. The predicted molar refractivity (Wildman–Crippen MR) is 87.9 cm³/mol. The molecule has 4 nitrogen and oxygen atoms in total. The van der Waals surface area contributed by atoms with E-state index in [-0.39, 0.29) is 24.4 Å². The summed E-state index contributed by atoms with van der Waals surface area (Å²) < 4.78 is 0. The maximum absolute atomic E-state index is 12.7. The Morgan fingerprint density at radius 3 is 2.32 bits per heavy atom. The Hall–Kier alpha value is -1.55. The average Bonchev–Trinajstić information content (AvgIpc) is 2.95. The molecule has 1 fully saturated rings. The van der Waals surface area contributed by atoms with Crippen molar-refractivity contribution in [1.29, 1.82) is 0 Å². The van der Waals surface area contributed by atoms with Gasteiger partial charge in [0.1, 0.15) is 0 Å². The smallest absolute Gasteiger partial charge is 0.239 e. The monoisotopic (exact) mass is 322 g/mol. The second-order valence-electron chi connectivity index (χ2n) is 6.20. The van der Waals surface area contributed by atoms with E-state index in [0.717, 1.165) is 31.2 Å². The van der Waals surface area contributed by atoms with Crippen LogP contribution in [0.2, 0.25) is 5.02 Å². The highest BCUT2D eigenvalue weighted by molar-refractivity contribution is 6.30. The summed E-state index contributed by atoms with van der Waals surface area (Å²) in [6.45, 7) is 3.81. The van der Waals surface area contributed by atoms with Crippen molar-refractivity contribution < 1.29 is 9.59 Å². The average molecular weight is 323 g/mol. The minimum absolute atomic E-state index is 0.0202. The molecular weight excluding hydrogens is 300 g/mol. The van der Waals surface area contributed by atoms with Gasteiger partial charge in [-0.25, -0.2) is 0 Å². The fourth-order valence-corrected chi connectivity index (χ4v) is 3.22. The molecule has 0 spiro atoms. The molecule has 1 saturated carbocycles. The van der Waals surface area contributed by atoms with Gasteiger partial charge in [0, 0.05) is 11.1 Å². The quantitative estimate of drug-likeness (QED) is 0.875. The lowest BCUT2D eigenvalue weighted by atomic mass is 9.78. The van der Waals surface area contributed by atoms with Gasteiger partial charge in [-0.1, -0.05) is 36.6 Å². The third-order valence-corrected chi connectivity index (χ3v) is 4.40. The van der Waals surface area contributed by atoms with E-state index in [0.29, 0.717) is 5.02 Å². The van der Waals surface area contributed by atoms with Crippen LogP contribution in [-0.4, -0.2) is 24.4 Å². The van der Waals surface area contributed by atoms with Gasteiger partial charge in [-0.15, -0.1) is 0 Å². The summed E-state index contributed by atoms with van der Waals surface area (Å²) in [6, 6.07) is 7.54. The molecule has 22 heavy (non-hydrogen) atoms. The van der Waals surface area contributed by atoms with Crippen molar-refractivity contribution in [3.05, 3.63) is 34.9 Å². The molecule has 1 aliphatic rings. The molecule has 1 aromatic rings. The predicted octanol–water partition coefficient (Wildman–Crippen LogP) is 2.79. The van der Waals surface area contributed by atoms with E-state index in [1.54, 1.807) is 0 Å². The number of carbonyl (C=O) groups is 2. The molecule has 0 aliphatic heterocycles. The molecule has 0 atom stereocenters. The molecule has 0 bridgehead atoms. The number of rotatable bonds is 5. The molecule has 5 heteroatoms. The van der Waals surface area contributed by atoms with Gasteiger partial charge in [0.2, 0.25) is 11.8 Å². The van der Waals surface area contributed by atoms with Crippen molar-refractivity contribution in [3.63, 3.8) is 0 Å². The van der Waals surface area contributed by atoms with Crippen LogP contribution in [-0.2, 0) is 15.0 Å². The zero-order chi connectivity index (χ0) is 16.2. The highest BCUT2D eigenvalue weighted by atomic mass is 35.5. The molecule has 0 aromatic heterocycles. The van der Waals surface area contributed by atoms with E-state index >= 15 is 0 Å². The summed E-state index contributed by atoms with van der Waals surface area (Å²) in [5.41, 5.74) is 0.457. The normalized spacial score (nSPS) is 16.5. The Bertz CT molecular complexity index is 534. The van der Waals surface area contributed by atoms with Crippen LogP contribution in [0.5, 0.6) is 0 Å². The fraction of sp³-hybridized carbons (Fsp3) is 0.529. The summed E-state index contributed by atoms with van der Waals surface area (Å²) in [5, 5.41) is 6.24. The summed E-state index contributed by atoms with van der Waals surface area (Å²) in [5.74, 6) is -0.223. The first-order valence-electron chi connectivity index (χ1n) is 7.78. The van der Waals surface area contributed by atoms with Crippen molar-refractivity contribution in [2.24, 2.45) is 0 Å². The van der Waals surface area contributed by atoms with Crippen molar-refractivity contribution in [3.8, 4) is 0 Å². The van der Waals surface area contributed by atoms with E-state index in [1.165, 1.54) is 0 Å². The second-order valence-corrected chi connectivity index (χ2v) is 6.64. The molecule has 0 radical (unpaired) electrons. The van der Waals surface area contributed by atoms with Gasteiger partial charge in [-0.05, 0) is 44.4 Å². The van der Waals surface area contributed by atoms with Crippen LogP contribution in [0, 0.1) is 0 Å².